The van der Waals surface area contributed by atoms with Crippen molar-refractivity contribution in [3.8, 4) is 0 Å². The molecule has 148 valence electrons. The highest BCUT2D eigenvalue weighted by molar-refractivity contribution is 5.96. The lowest BCUT2D eigenvalue weighted by Crippen LogP contribution is -2.53. The Labute approximate surface area is 159 Å². The second-order valence-electron chi connectivity index (χ2n) is 6.55. The predicted molar refractivity (Wildman–Crippen MR) is 95.2 cm³/mol. The summed E-state index contributed by atoms with van der Waals surface area (Å²) < 4.78 is 44.7. The molecule has 1 aliphatic rings. The summed E-state index contributed by atoms with van der Waals surface area (Å²) in [5.74, 6) is -1.08. The molecule has 5 nitrogen and oxygen atoms in total. The Kier molecular flexibility index (Phi) is 5.69. The number of hydrogen-bond donors (Lipinski definition) is 2. The average Bonchev–Trinajstić information content (AvgIpc) is 2.72. The third kappa shape index (κ3) is 4.17. The maximum Gasteiger partial charge on any atom is 0.416 e. The van der Waals surface area contributed by atoms with Crippen molar-refractivity contribution in [2.45, 2.75) is 24.4 Å². The van der Waals surface area contributed by atoms with Gasteiger partial charge in [0.05, 0.1) is 11.0 Å². The molecule has 2 N–H and O–H groups in total. The van der Waals surface area contributed by atoms with E-state index in [9.17, 15) is 22.8 Å². The monoisotopic (exact) mass is 392 g/mol. The molecule has 2 amide bonds. The minimum atomic E-state index is -4.51. The van der Waals surface area contributed by atoms with Gasteiger partial charge in [-0.05, 0) is 36.6 Å². The van der Waals surface area contributed by atoms with E-state index in [2.05, 4.69) is 10.9 Å². The number of nitrogens with one attached hydrogen (secondary N) is 2. The molecule has 0 saturated carbocycles. The lowest BCUT2D eigenvalue weighted by molar-refractivity contribution is -0.138. The number of amides is 2. The number of rotatable bonds is 3. The Morgan fingerprint density at radius 2 is 1.61 bits per heavy atom. The second kappa shape index (κ2) is 8.02. The van der Waals surface area contributed by atoms with E-state index >= 15 is 0 Å². The molecule has 1 fully saturated rings. The first-order valence-corrected chi connectivity index (χ1v) is 8.74. The van der Waals surface area contributed by atoms with Crippen molar-refractivity contribution in [3.63, 3.8) is 0 Å². The predicted octanol–water partition coefficient (Wildman–Crippen LogP) is 3.21. The van der Waals surface area contributed by atoms with E-state index in [1.54, 1.807) is 30.3 Å². The van der Waals surface area contributed by atoms with Crippen molar-refractivity contribution in [1.82, 2.24) is 10.9 Å². The van der Waals surface area contributed by atoms with Crippen molar-refractivity contribution in [2.75, 3.05) is 13.2 Å². The smallest absolute Gasteiger partial charge is 0.381 e. The van der Waals surface area contributed by atoms with Crippen molar-refractivity contribution in [2.24, 2.45) is 0 Å². The molecule has 2 aromatic carbocycles. The molecule has 0 bridgehead atoms. The molecule has 1 saturated heterocycles. The molecular formula is C20H19F3N2O3. The summed E-state index contributed by atoms with van der Waals surface area (Å²) in [6, 6.07) is 13.0. The van der Waals surface area contributed by atoms with E-state index in [4.69, 9.17) is 4.74 Å². The summed E-state index contributed by atoms with van der Waals surface area (Å²) in [5, 5.41) is 0. The van der Waals surface area contributed by atoms with Crippen LogP contribution in [0.3, 0.4) is 0 Å². The van der Waals surface area contributed by atoms with Crippen LogP contribution in [0.5, 0.6) is 0 Å². The van der Waals surface area contributed by atoms with Crippen LogP contribution in [-0.4, -0.2) is 25.0 Å². The van der Waals surface area contributed by atoms with Gasteiger partial charge >= 0.3 is 6.18 Å². The first-order chi connectivity index (χ1) is 13.3. The molecule has 28 heavy (non-hydrogen) atoms. The SMILES string of the molecule is O=C(NNC(=O)C1(c2cccc(C(F)(F)F)c2)CCOCC1)c1ccccc1. The van der Waals surface area contributed by atoms with Crippen LogP contribution in [-0.2, 0) is 21.1 Å². The van der Waals surface area contributed by atoms with E-state index in [0.717, 1.165) is 12.1 Å². The number of hydrazine groups is 1. The normalized spacial score (nSPS) is 16.2. The van der Waals surface area contributed by atoms with Crippen LogP contribution in [0.25, 0.3) is 0 Å². The van der Waals surface area contributed by atoms with Crippen LogP contribution in [0.4, 0.5) is 13.2 Å². The Morgan fingerprint density at radius 3 is 2.25 bits per heavy atom. The zero-order chi connectivity index (χ0) is 20.2. The van der Waals surface area contributed by atoms with Gasteiger partial charge in [0.2, 0.25) is 5.91 Å². The number of carbonyl (C=O) groups excluding carboxylic acids is 2. The van der Waals surface area contributed by atoms with E-state index in [-0.39, 0.29) is 31.6 Å². The fraction of sp³-hybridized carbons (Fsp3) is 0.300. The lowest BCUT2D eigenvalue weighted by atomic mass is 9.73. The topological polar surface area (TPSA) is 67.4 Å². The molecule has 1 heterocycles. The van der Waals surface area contributed by atoms with Gasteiger partial charge in [-0.25, -0.2) is 0 Å². The molecule has 0 aromatic heterocycles. The molecule has 0 atom stereocenters. The molecule has 2 aromatic rings. The van der Waals surface area contributed by atoms with Gasteiger partial charge in [0, 0.05) is 18.8 Å². The Bertz CT molecular complexity index is 847. The summed E-state index contributed by atoms with van der Waals surface area (Å²) in [6.07, 6.45) is -4.09. The lowest BCUT2D eigenvalue weighted by Gasteiger charge is -2.36. The molecular weight excluding hydrogens is 373 g/mol. The van der Waals surface area contributed by atoms with E-state index in [1.165, 1.54) is 12.1 Å². The van der Waals surface area contributed by atoms with Crippen molar-refractivity contribution < 1.29 is 27.5 Å². The molecule has 1 aliphatic heterocycles. The third-order valence-corrected chi connectivity index (χ3v) is 4.85. The van der Waals surface area contributed by atoms with E-state index < -0.39 is 29.0 Å². The number of alkyl halides is 3. The zero-order valence-corrected chi connectivity index (χ0v) is 14.9. The fourth-order valence-corrected chi connectivity index (χ4v) is 3.25. The maximum atomic E-state index is 13.1. The van der Waals surface area contributed by atoms with E-state index in [0.29, 0.717) is 5.56 Å². The first kappa shape index (κ1) is 19.9. The fourth-order valence-electron chi connectivity index (χ4n) is 3.25. The van der Waals surface area contributed by atoms with Gasteiger partial charge in [-0.15, -0.1) is 0 Å². The average molecular weight is 392 g/mol. The number of benzene rings is 2. The standard InChI is InChI=1S/C20H19F3N2O3/c21-20(22,23)16-8-4-7-15(13-16)19(9-11-28-12-10-19)18(27)25-24-17(26)14-5-2-1-3-6-14/h1-8,13H,9-12H2,(H,24,26)(H,25,27). The zero-order valence-electron chi connectivity index (χ0n) is 14.9. The van der Waals surface area contributed by atoms with Gasteiger partial charge < -0.3 is 4.74 Å². The van der Waals surface area contributed by atoms with Crippen LogP contribution >= 0.6 is 0 Å². The van der Waals surface area contributed by atoms with Gasteiger partial charge in [-0.2, -0.15) is 13.2 Å². The molecule has 8 heteroatoms. The van der Waals surface area contributed by atoms with Crippen LogP contribution in [0.1, 0.15) is 34.3 Å². The highest BCUT2D eigenvalue weighted by Crippen LogP contribution is 2.38. The second-order valence-corrected chi connectivity index (χ2v) is 6.55. The van der Waals surface area contributed by atoms with Gasteiger partial charge in [0.1, 0.15) is 0 Å². The largest absolute Gasteiger partial charge is 0.416 e. The maximum absolute atomic E-state index is 13.1. The van der Waals surface area contributed by atoms with Crippen LogP contribution in [0, 0.1) is 0 Å². The van der Waals surface area contributed by atoms with Crippen LogP contribution < -0.4 is 10.9 Å². The quantitative estimate of drug-likeness (QED) is 0.789. The van der Waals surface area contributed by atoms with Crippen LogP contribution in [0.2, 0.25) is 0 Å². The Balaban J connectivity index is 1.83. The van der Waals surface area contributed by atoms with Gasteiger partial charge in [-0.1, -0.05) is 36.4 Å². The van der Waals surface area contributed by atoms with Crippen LogP contribution in [0.15, 0.2) is 54.6 Å². The van der Waals surface area contributed by atoms with Crippen molar-refractivity contribution in [3.05, 3.63) is 71.3 Å². The minimum absolute atomic E-state index is 0.210. The molecule has 0 unspecified atom stereocenters. The third-order valence-electron chi connectivity index (χ3n) is 4.85. The van der Waals surface area contributed by atoms with Gasteiger partial charge in [0.15, 0.2) is 0 Å². The Morgan fingerprint density at radius 1 is 0.929 bits per heavy atom. The molecule has 0 aliphatic carbocycles. The number of carbonyl (C=O) groups is 2. The van der Waals surface area contributed by atoms with Crippen molar-refractivity contribution >= 4 is 11.8 Å². The number of halogens is 3. The summed E-state index contributed by atoms with van der Waals surface area (Å²) in [5.41, 5.74) is 3.26. The number of hydrogen-bond acceptors (Lipinski definition) is 3. The van der Waals surface area contributed by atoms with Crippen molar-refractivity contribution in [1.29, 1.82) is 0 Å². The highest BCUT2D eigenvalue weighted by Gasteiger charge is 2.43. The summed E-state index contributed by atoms with van der Waals surface area (Å²) in [4.78, 5) is 25.1. The summed E-state index contributed by atoms with van der Waals surface area (Å²) in [6.45, 7) is 0.465. The molecule has 0 spiro atoms. The molecule has 3 rings (SSSR count). The van der Waals surface area contributed by atoms with Gasteiger partial charge in [0.25, 0.3) is 5.91 Å². The van der Waals surface area contributed by atoms with E-state index in [1.807, 2.05) is 0 Å². The molecule has 0 radical (unpaired) electrons. The first-order valence-electron chi connectivity index (χ1n) is 8.74. The summed E-state index contributed by atoms with van der Waals surface area (Å²) >= 11 is 0. The summed E-state index contributed by atoms with van der Waals surface area (Å²) in [7, 11) is 0. The Hall–Kier alpha value is -2.87. The van der Waals surface area contributed by atoms with Gasteiger partial charge in [-0.3, -0.25) is 20.4 Å². The number of ether oxygens (including phenoxy) is 1. The minimum Gasteiger partial charge on any atom is -0.381 e. The highest BCUT2D eigenvalue weighted by atomic mass is 19.4.